The van der Waals surface area contributed by atoms with Gasteiger partial charge in [-0.2, -0.15) is 0 Å². The first-order chi connectivity index (χ1) is 9.72. The third kappa shape index (κ3) is 3.10. The number of thioether (sulfide) groups is 2. The zero-order valence-corrected chi connectivity index (χ0v) is 13.0. The van der Waals surface area contributed by atoms with E-state index in [0.717, 1.165) is 11.3 Å². The van der Waals surface area contributed by atoms with Crippen molar-refractivity contribution in [2.45, 2.75) is 28.4 Å². The second-order valence-corrected chi connectivity index (χ2v) is 7.38. The van der Waals surface area contributed by atoms with E-state index in [9.17, 15) is 4.79 Å². The molecule has 1 atom stereocenters. The van der Waals surface area contributed by atoms with Gasteiger partial charge in [0.2, 0.25) is 0 Å². The zero-order chi connectivity index (χ0) is 13.9. The van der Waals surface area contributed by atoms with Crippen LogP contribution in [0.3, 0.4) is 0 Å². The minimum atomic E-state index is 0.128. The van der Waals surface area contributed by atoms with Crippen LogP contribution in [0.25, 0.3) is 0 Å². The Morgan fingerprint density at radius 2 is 1.95 bits per heavy atom. The second kappa shape index (κ2) is 6.06. The number of benzene rings is 2. The van der Waals surface area contributed by atoms with E-state index in [4.69, 9.17) is 0 Å². The Morgan fingerprint density at radius 3 is 2.65 bits per heavy atom. The third-order valence-electron chi connectivity index (χ3n) is 3.41. The molecule has 1 aliphatic heterocycles. The lowest BCUT2D eigenvalue weighted by Crippen LogP contribution is -2.03. The van der Waals surface area contributed by atoms with Gasteiger partial charge in [-0.25, -0.2) is 0 Å². The topological polar surface area (TPSA) is 17.1 Å². The van der Waals surface area contributed by atoms with Gasteiger partial charge in [-0.05, 0) is 37.1 Å². The molecule has 2 aromatic rings. The van der Waals surface area contributed by atoms with E-state index in [-0.39, 0.29) is 5.78 Å². The number of hydrogen-bond acceptors (Lipinski definition) is 3. The predicted octanol–water partition coefficient (Wildman–Crippen LogP) is 4.70. The average molecular weight is 300 g/mol. The van der Waals surface area contributed by atoms with Gasteiger partial charge in [0, 0.05) is 26.4 Å². The molecule has 0 aromatic heterocycles. The van der Waals surface area contributed by atoms with Gasteiger partial charge in [0.25, 0.3) is 0 Å². The van der Waals surface area contributed by atoms with Crippen molar-refractivity contribution in [3.8, 4) is 0 Å². The predicted molar refractivity (Wildman–Crippen MR) is 87.0 cm³/mol. The number of carbonyl (C=O) groups excluding carboxylic acids is 1. The minimum Gasteiger partial charge on any atom is -0.295 e. The van der Waals surface area contributed by atoms with Gasteiger partial charge in [0.05, 0.1) is 0 Å². The number of ketones is 1. The number of fused-ring (bicyclic) bond motifs is 1. The second-order valence-electron chi connectivity index (χ2n) is 4.94. The van der Waals surface area contributed by atoms with Crippen LogP contribution in [0.15, 0.2) is 58.3 Å². The summed E-state index contributed by atoms with van der Waals surface area (Å²) in [4.78, 5) is 13.9. The molecule has 0 bridgehead atoms. The molecule has 1 nitrogen and oxygen atoms in total. The summed E-state index contributed by atoms with van der Waals surface area (Å²) < 4.78 is 0. The van der Waals surface area contributed by atoms with Gasteiger partial charge in [-0.15, -0.1) is 23.5 Å². The molecule has 3 rings (SSSR count). The van der Waals surface area contributed by atoms with Gasteiger partial charge in [-0.3, -0.25) is 4.79 Å². The first kappa shape index (κ1) is 13.8. The lowest BCUT2D eigenvalue weighted by molar-refractivity contribution is 0.101. The fourth-order valence-corrected chi connectivity index (χ4v) is 4.70. The van der Waals surface area contributed by atoms with E-state index in [2.05, 4.69) is 24.3 Å². The lowest BCUT2D eigenvalue weighted by atomic mass is 10.1. The molecule has 2 aromatic carbocycles. The largest absolute Gasteiger partial charge is 0.295 e. The molecule has 20 heavy (non-hydrogen) atoms. The van der Waals surface area contributed by atoms with Crippen LogP contribution in [0.4, 0.5) is 0 Å². The summed E-state index contributed by atoms with van der Waals surface area (Å²) in [7, 11) is 0. The third-order valence-corrected chi connectivity index (χ3v) is 6.11. The van der Waals surface area contributed by atoms with Crippen molar-refractivity contribution >= 4 is 29.3 Å². The monoisotopic (exact) mass is 300 g/mol. The summed E-state index contributed by atoms with van der Waals surface area (Å²) in [5.41, 5.74) is 2.27. The van der Waals surface area contributed by atoms with Crippen molar-refractivity contribution in [1.82, 2.24) is 0 Å². The number of Topliss-reactive ketones (excluding diaryl/α,β-unsaturated/α-hetero) is 1. The molecule has 0 saturated heterocycles. The Morgan fingerprint density at radius 1 is 1.20 bits per heavy atom. The number of hydrogen-bond donors (Lipinski definition) is 0. The van der Waals surface area contributed by atoms with Crippen LogP contribution in [0.2, 0.25) is 0 Å². The highest BCUT2D eigenvalue weighted by atomic mass is 32.2. The van der Waals surface area contributed by atoms with Gasteiger partial charge in [-0.1, -0.05) is 30.3 Å². The van der Waals surface area contributed by atoms with E-state index in [1.165, 1.54) is 21.8 Å². The molecule has 1 unspecified atom stereocenters. The molecule has 1 heterocycles. The highest BCUT2D eigenvalue weighted by molar-refractivity contribution is 8.03. The van der Waals surface area contributed by atoms with Crippen molar-refractivity contribution in [1.29, 1.82) is 0 Å². The fourth-order valence-electron chi connectivity index (χ4n) is 2.32. The van der Waals surface area contributed by atoms with Crippen molar-refractivity contribution in [3.63, 3.8) is 0 Å². The van der Waals surface area contributed by atoms with Crippen LogP contribution in [0.5, 0.6) is 0 Å². The summed E-state index contributed by atoms with van der Waals surface area (Å²) >= 11 is 3.87. The maximum absolute atomic E-state index is 11.2. The van der Waals surface area contributed by atoms with Crippen molar-refractivity contribution in [3.05, 3.63) is 59.7 Å². The summed E-state index contributed by atoms with van der Waals surface area (Å²) in [6.45, 7) is 1.61. The van der Waals surface area contributed by atoms with E-state index in [1.54, 1.807) is 6.92 Å². The zero-order valence-electron chi connectivity index (χ0n) is 11.3. The van der Waals surface area contributed by atoms with Crippen LogP contribution in [-0.2, 0) is 6.42 Å². The molecular formula is C17H16OS2. The summed E-state index contributed by atoms with van der Waals surface area (Å²) in [5, 5.41) is 0.657. The molecule has 0 spiro atoms. The lowest BCUT2D eigenvalue weighted by Gasteiger charge is -2.08. The molecule has 1 aliphatic rings. The Hall–Kier alpha value is -1.19. The van der Waals surface area contributed by atoms with Crippen LogP contribution in [-0.4, -0.2) is 16.8 Å². The molecule has 3 heteroatoms. The Kier molecular flexibility index (Phi) is 4.18. The van der Waals surface area contributed by atoms with Crippen LogP contribution >= 0.6 is 23.5 Å². The van der Waals surface area contributed by atoms with E-state index in [1.807, 2.05) is 47.8 Å². The van der Waals surface area contributed by atoms with Crippen molar-refractivity contribution < 1.29 is 4.79 Å². The van der Waals surface area contributed by atoms with Gasteiger partial charge >= 0.3 is 0 Å². The van der Waals surface area contributed by atoms with Crippen LogP contribution < -0.4 is 0 Å². The van der Waals surface area contributed by atoms with Gasteiger partial charge < -0.3 is 0 Å². The quantitative estimate of drug-likeness (QED) is 0.602. The molecule has 102 valence electrons. The minimum absolute atomic E-state index is 0.128. The standard InChI is InChI=1S/C17H16OS2/c1-12(18)13-6-8-15(9-7-13)19-11-16-10-14-4-2-3-5-17(14)20-16/h2-9,16H,10-11H2,1H3. The molecule has 0 fully saturated rings. The fraction of sp³-hybridized carbons (Fsp3) is 0.235. The maximum atomic E-state index is 11.2. The first-order valence-electron chi connectivity index (χ1n) is 6.71. The Balaban J connectivity index is 1.57. The summed E-state index contributed by atoms with van der Waals surface area (Å²) in [6.07, 6.45) is 1.17. The van der Waals surface area contributed by atoms with Crippen LogP contribution in [0, 0.1) is 0 Å². The van der Waals surface area contributed by atoms with E-state index < -0.39 is 0 Å². The maximum Gasteiger partial charge on any atom is 0.159 e. The van der Waals surface area contributed by atoms with Gasteiger partial charge in [0.1, 0.15) is 0 Å². The van der Waals surface area contributed by atoms with Crippen LogP contribution in [0.1, 0.15) is 22.8 Å². The molecule has 0 radical (unpaired) electrons. The normalized spacial score (nSPS) is 16.9. The summed E-state index contributed by atoms with van der Waals surface area (Å²) in [5.74, 6) is 1.24. The molecule has 0 N–H and O–H groups in total. The highest BCUT2D eigenvalue weighted by Crippen LogP contribution is 2.39. The Bertz CT molecular complexity index is 594. The van der Waals surface area contributed by atoms with Crippen molar-refractivity contribution in [2.24, 2.45) is 0 Å². The molecular weight excluding hydrogens is 284 g/mol. The number of carbonyl (C=O) groups is 1. The van der Waals surface area contributed by atoms with E-state index in [0.29, 0.717) is 5.25 Å². The van der Waals surface area contributed by atoms with E-state index >= 15 is 0 Å². The SMILES string of the molecule is CC(=O)c1ccc(SCC2Cc3ccccc3S2)cc1. The molecule has 0 saturated carbocycles. The summed E-state index contributed by atoms with van der Waals surface area (Å²) in [6, 6.07) is 16.6. The first-order valence-corrected chi connectivity index (χ1v) is 8.57. The average Bonchev–Trinajstić information content (AvgIpc) is 2.88. The van der Waals surface area contributed by atoms with Crippen molar-refractivity contribution in [2.75, 3.05) is 5.75 Å². The molecule has 0 aliphatic carbocycles. The highest BCUT2D eigenvalue weighted by Gasteiger charge is 2.21. The number of rotatable bonds is 4. The smallest absolute Gasteiger partial charge is 0.159 e. The molecule has 0 amide bonds. The Labute approximate surface area is 128 Å². The van der Waals surface area contributed by atoms with Gasteiger partial charge in [0.15, 0.2) is 5.78 Å².